The van der Waals surface area contributed by atoms with Gasteiger partial charge >= 0.3 is 0 Å². The van der Waals surface area contributed by atoms with Gasteiger partial charge in [0.2, 0.25) is 0 Å². The first-order valence-corrected chi connectivity index (χ1v) is 4.45. The van der Waals surface area contributed by atoms with Crippen LogP contribution in [0.3, 0.4) is 0 Å². The molecule has 1 aromatic rings. The van der Waals surface area contributed by atoms with Crippen LogP contribution >= 0.6 is 0 Å². The van der Waals surface area contributed by atoms with Crippen molar-refractivity contribution < 1.29 is 4.74 Å². The lowest BCUT2D eigenvalue weighted by molar-refractivity contribution is 0.415. The molecule has 72 valence electrons. The summed E-state index contributed by atoms with van der Waals surface area (Å²) in [4.78, 5) is 0. The molecule has 0 spiro atoms. The van der Waals surface area contributed by atoms with E-state index in [0.29, 0.717) is 0 Å². The molecule has 0 bridgehead atoms. The van der Waals surface area contributed by atoms with Gasteiger partial charge in [0, 0.05) is 18.3 Å². The summed E-state index contributed by atoms with van der Waals surface area (Å²) >= 11 is 0. The van der Waals surface area contributed by atoms with E-state index in [-0.39, 0.29) is 0 Å². The third kappa shape index (κ3) is 3.34. The molecular formula is C10H16N2O. The summed E-state index contributed by atoms with van der Waals surface area (Å²) in [5.74, 6) is 0.873. The smallest absolute Gasteiger partial charge is 0.120 e. The van der Waals surface area contributed by atoms with E-state index in [2.05, 4.69) is 5.32 Å². The zero-order valence-electron chi connectivity index (χ0n) is 7.92. The first-order chi connectivity index (χ1) is 6.36. The van der Waals surface area contributed by atoms with Gasteiger partial charge < -0.3 is 15.8 Å². The number of rotatable bonds is 5. The second-order valence-electron chi connectivity index (χ2n) is 2.80. The summed E-state index contributed by atoms with van der Waals surface area (Å²) in [6, 6.07) is 7.87. The largest absolute Gasteiger partial charge is 0.497 e. The average molecular weight is 180 g/mol. The minimum atomic E-state index is 0.719. The molecule has 0 unspecified atom stereocenters. The normalized spacial score (nSPS) is 9.69. The van der Waals surface area contributed by atoms with Crippen LogP contribution < -0.4 is 15.8 Å². The number of benzene rings is 1. The fourth-order valence-electron chi connectivity index (χ4n) is 1.07. The molecular weight excluding hydrogens is 164 g/mol. The topological polar surface area (TPSA) is 47.3 Å². The molecule has 1 aromatic carbocycles. The van der Waals surface area contributed by atoms with E-state index >= 15 is 0 Å². The fraction of sp³-hybridized carbons (Fsp3) is 0.400. The van der Waals surface area contributed by atoms with E-state index in [4.69, 9.17) is 10.5 Å². The van der Waals surface area contributed by atoms with Gasteiger partial charge in [-0.2, -0.15) is 0 Å². The lowest BCUT2D eigenvalue weighted by Gasteiger charge is -2.06. The van der Waals surface area contributed by atoms with Crippen molar-refractivity contribution in [1.82, 2.24) is 0 Å². The molecule has 3 nitrogen and oxygen atoms in total. The van der Waals surface area contributed by atoms with Gasteiger partial charge in [-0.15, -0.1) is 0 Å². The molecule has 0 heterocycles. The van der Waals surface area contributed by atoms with Crippen LogP contribution in [0.1, 0.15) is 6.42 Å². The molecule has 0 saturated carbocycles. The van der Waals surface area contributed by atoms with E-state index in [0.717, 1.165) is 30.9 Å². The van der Waals surface area contributed by atoms with Crippen molar-refractivity contribution in [3.05, 3.63) is 24.3 Å². The molecule has 0 aromatic heterocycles. The van der Waals surface area contributed by atoms with Crippen molar-refractivity contribution in [2.75, 3.05) is 25.5 Å². The highest BCUT2D eigenvalue weighted by Gasteiger charge is 1.93. The Bertz CT molecular complexity index is 250. The Hall–Kier alpha value is -1.22. The zero-order chi connectivity index (χ0) is 9.52. The van der Waals surface area contributed by atoms with Crippen molar-refractivity contribution in [1.29, 1.82) is 0 Å². The van der Waals surface area contributed by atoms with Crippen LogP contribution in [0.4, 0.5) is 5.69 Å². The van der Waals surface area contributed by atoms with Gasteiger partial charge in [-0.1, -0.05) is 6.07 Å². The lowest BCUT2D eigenvalue weighted by atomic mass is 10.3. The van der Waals surface area contributed by atoms with Gasteiger partial charge in [0.15, 0.2) is 0 Å². The van der Waals surface area contributed by atoms with Crippen LogP contribution in [-0.4, -0.2) is 20.2 Å². The standard InChI is InChI=1S/C10H16N2O/c1-13-10-5-2-4-9(8-10)12-7-3-6-11/h2,4-5,8,12H,3,6-7,11H2,1H3. The Kier molecular flexibility index (Phi) is 4.12. The van der Waals surface area contributed by atoms with Crippen LogP contribution in [0.2, 0.25) is 0 Å². The van der Waals surface area contributed by atoms with Gasteiger partial charge in [-0.05, 0) is 25.1 Å². The van der Waals surface area contributed by atoms with E-state index < -0.39 is 0 Å². The molecule has 0 aliphatic carbocycles. The molecule has 3 N–H and O–H groups in total. The minimum Gasteiger partial charge on any atom is -0.497 e. The van der Waals surface area contributed by atoms with Crippen LogP contribution in [0.25, 0.3) is 0 Å². The predicted octanol–water partition coefficient (Wildman–Crippen LogP) is 1.46. The number of nitrogens with one attached hydrogen (secondary N) is 1. The molecule has 0 radical (unpaired) electrons. The summed E-state index contributed by atoms with van der Waals surface area (Å²) < 4.78 is 5.10. The van der Waals surface area contributed by atoms with Crippen molar-refractivity contribution in [2.24, 2.45) is 5.73 Å². The lowest BCUT2D eigenvalue weighted by Crippen LogP contribution is -2.08. The van der Waals surface area contributed by atoms with Gasteiger partial charge in [0.05, 0.1) is 7.11 Å². The molecule has 3 heteroatoms. The first kappa shape index (κ1) is 9.86. The van der Waals surface area contributed by atoms with Crippen LogP contribution in [-0.2, 0) is 0 Å². The number of hydrogen-bond donors (Lipinski definition) is 2. The molecule has 0 fully saturated rings. The Morgan fingerprint density at radius 1 is 1.46 bits per heavy atom. The number of nitrogens with two attached hydrogens (primary N) is 1. The summed E-state index contributed by atoms with van der Waals surface area (Å²) in [6.45, 7) is 1.63. The Morgan fingerprint density at radius 2 is 2.31 bits per heavy atom. The monoisotopic (exact) mass is 180 g/mol. The highest BCUT2D eigenvalue weighted by Crippen LogP contribution is 2.16. The average Bonchev–Trinajstić information content (AvgIpc) is 2.19. The van der Waals surface area contributed by atoms with E-state index in [9.17, 15) is 0 Å². The van der Waals surface area contributed by atoms with Crippen molar-refractivity contribution in [3.63, 3.8) is 0 Å². The van der Waals surface area contributed by atoms with E-state index in [1.165, 1.54) is 0 Å². The third-order valence-corrected chi connectivity index (χ3v) is 1.78. The van der Waals surface area contributed by atoms with Crippen LogP contribution in [0.5, 0.6) is 5.75 Å². The van der Waals surface area contributed by atoms with E-state index in [1.807, 2.05) is 24.3 Å². The molecule has 1 rings (SSSR count). The molecule has 13 heavy (non-hydrogen) atoms. The van der Waals surface area contributed by atoms with Crippen molar-refractivity contribution in [2.45, 2.75) is 6.42 Å². The second-order valence-corrected chi connectivity index (χ2v) is 2.80. The Morgan fingerprint density at radius 3 is 3.00 bits per heavy atom. The third-order valence-electron chi connectivity index (χ3n) is 1.78. The number of anilines is 1. The zero-order valence-corrected chi connectivity index (χ0v) is 7.92. The quantitative estimate of drug-likeness (QED) is 0.674. The maximum atomic E-state index is 5.38. The van der Waals surface area contributed by atoms with Crippen molar-refractivity contribution in [3.8, 4) is 5.75 Å². The summed E-state index contributed by atoms with van der Waals surface area (Å²) in [5, 5.41) is 3.26. The highest BCUT2D eigenvalue weighted by molar-refractivity contribution is 5.47. The van der Waals surface area contributed by atoms with Gasteiger partial charge in [0.1, 0.15) is 5.75 Å². The first-order valence-electron chi connectivity index (χ1n) is 4.45. The van der Waals surface area contributed by atoms with Gasteiger partial charge in [0.25, 0.3) is 0 Å². The maximum absolute atomic E-state index is 5.38. The van der Waals surface area contributed by atoms with Crippen LogP contribution in [0, 0.1) is 0 Å². The van der Waals surface area contributed by atoms with Gasteiger partial charge in [-0.25, -0.2) is 0 Å². The molecule has 0 aliphatic heterocycles. The maximum Gasteiger partial charge on any atom is 0.120 e. The molecule has 0 atom stereocenters. The SMILES string of the molecule is COc1cccc(NCCCN)c1. The molecule has 0 aliphatic rings. The number of ether oxygens (including phenoxy) is 1. The van der Waals surface area contributed by atoms with E-state index in [1.54, 1.807) is 7.11 Å². The summed E-state index contributed by atoms with van der Waals surface area (Å²) in [5.41, 5.74) is 6.46. The second kappa shape index (κ2) is 5.43. The number of hydrogen-bond acceptors (Lipinski definition) is 3. The molecule has 0 saturated heterocycles. The van der Waals surface area contributed by atoms with Gasteiger partial charge in [-0.3, -0.25) is 0 Å². The predicted molar refractivity (Wildman–Crippen MR) is 55.2 cm³/mol. The fourth-order valence-corrected chi connectivity index (χ4v) is 1.07. The summed E-state index contributed by atoms with van der Waals surface area (Å²) in [7, 11) is 1.67. The van der Waals surface area contributed by atoms with Crippen LogP contribution in [0.15, 0.2) is 24.3 Å². The minimum absolute atomic E-state index is 0.719. The highest BCUT2D eigenvalue weighted by atomic mass is 16.5. The number of methoxy groups -OCH3 is 1. The Labute approximate surface area is 78.9 Å². The Balaban J connectivity index is 2.46. The van der Waals surface area contributed by atoms with Crippen molar-refractivity contribution >= 4 is 5.69 Å². The summed E-state index contributed by atoms with van der Waals surface area (Å²) in [6.07, 6.45) is 0.983. The molecule has 0 amide bonds.